The SMILES string of the molecule is COC(=O)C=Cc1cnc(-c2cccc(CO)c2)nc1. The Morgan fingerprint density at radius 3 is 2.75 bits per heavy atom. The van der Waals surface area contributed by atoms with E-state index >= 15 is 0 Å². The number of hydrogen-bond acceptors (Lipinski definition) is 5. The number of hydrogen-bond donors (Lipinski definition) is 1. The van der Waals surface area contributed by atoms with Crippen LogP contribution in [-0.4, -0.2) is 28.2 Å². The molecule has 0 saturated heterocycles. The second-order valence-corrected chi connectivity index (χ2v) is 4.05. The standard InChI is InChI=1S/C15H14N2O3/c1-20-14(19)6-5-12-8-16-15(17-9-12)13-4-2-3-11(7-13)10-18/h2-9,18H,10H2,1H3. The van der Waals surface area contributed by atoms with Crippen molar-refractivity contribution in [1.82, 2.24) is 9.97 Å². The van der Waals surface area contributed by atoms with Crippen LogP contribution in [0.1, 0.15) is 11.1 Å². The third-order valence-corrected chi connectivity index (χ3v) is 2.65. The summed E-state index contributed by atoms with van der Waals surface area (Å²) in [5, 5.41) is 9.10. The maximum absolute atomic E-state index is 11.0. The van der Waals surface area contributed by atoms with E-state index in [0.29, 0.717) is 11.4 Å². The van der Waals surface area contributed by atoms with Crippen molar-refractivity contribution < 1.29 is 14.6 Å². The fourth-order valence-corrected chi connectivity index (χ4v) is 1.61. The van der Waals surface area contributed by atoms with Gasteiger partial charge in [0.05, 0.1) is 13.7 Å². The molecule has 1 heterocycles. The average Bonchev–Trinajstić information content (AvgIpc) is 2.53. The minimum absolute atomic E-state index is 0.0200. The fraction of sp³-hybridized carbons (Fsp3) is 0.133. The first kappa shape index (κ1) is 13.9. The Morgan fingerprint density at radius 2 is 2.10 bits per heavy atom. The van der Waals surface area contributed by atoms with Gasteiger partial charge in [0.2, 0.25) is 0 Å². The summed E-state index contributed by atoms with van der Waals surface area (Å²) < 4.78 is 4.50. The molecule has 5 nitrogen and oxygen atoms in total. The molecular formula is C15H14N2O3. The number of carbonyl (C=O) groups excluding carboxylic acids is 1. The minimum Gasteiger partial charge on any atom is -0.466 e. The summed E-state index contributed by atoms with van der Waals surface area (Å²) in [6, 6.07) is 7.38. The maximum atomic E-state index is 11.0. The van der Waals surface area contributed by atoms with E-state index in [1.54, 1.807) is 18.5 Å². The smallest absolute Gasteiger partial charge is 0.330 e. The van der Waals surface area contributed by atoms with Gasteiger partial charge in [0, 0.05) is 29.6 Å². The lowest BCUT2D eigenvalue weighted by atomic mass is 10.1. The zero-order chi connectivity index (χ0) is 14.4. The van der Waals surface area contributed by atoms with Gasteiger partial charge in [-0.25, -0.2) is 14.8 Å². The van der Waals surface area contributed by atoms with Gasteiger partial charge in [-0.3, -0.25) is 0 Å². The first-order chi connectivity index (χ1) is 9.72. The van der Waals surface area contributed by atoms with Crippen LogP contribution in [0.25, 0.3) is 17.5 Å². The topological polar surface area (TPSA) is 72.3 Å². The number of rotatable bonds is 4. The second-order valence-electron chi connectivity index (χ2n) is 4.05. The fourth-order valence-electron chi connectivity index (χ4n) is 1.61. The van der Waals surface area contributed by atoms with E-state index in [1.807, 2.05) is 24.3 Å². The van der Waals surface area contributed by atoms with Crippen LogP contribution in [0.15, 0.2) is 42.7 Å². The summed E-state index contributed by atoms with van der Waals surface area (Å²) in [4.78, 5) is 19.4. The quantitative estimate of drug-likeness (QED) is 0.677. The van der Waals surface area contributed by atoms with Crippen LogP contribution in [0.5, 0.6) is 0 Å². The molecule has 1 aromatic carbocycles. The molecule has 0 amide bonds. The maximum Gasteiger partial charge on any atom is 0.330 e. The number of ether oxygens (including phenoxy) is 1. The van der Waals surface area contributed by atoms with Crippen LogP contribution >= 0.6 is 0 Å². The number of benzene rings is 1. The first-order valence-corrected chi connectivity index (χ1v) is 6.01. The van der Waals surface area contributed by atoms with Gasteiger partial charge in [-0.1, -0.05) is 18.2 Å². The number of carbonyl (C=O) groups is 1. The molecule has 0 aliphatic rings. The largest absolute Gasteiger partial charge is 0.466 e. The molecule has 2 rings (SSSR count). The summed E-state index contributed by atoms with van der Waals surface area (Å²) in [5.74, 6) is 0.139. The zero-order valence-corrected chi connectivity index (χ0v) is 11.0. The number of aliphatic hydroxyl groups is 1. The van der Waals surface area contributed by atoms with Crippen molar-refractivity contribution in [3.63, 3.8) is 0 Å². The minimum atomic E-state index is -0.426. The molecule has 0 fully saturated rings. The molecule has 1 aromatic heterocycles. The Hall–Kier alpha value is -2.53. The van der Waals surface area contributed by atoms with E-state index < -0.39 is 5.97 Å². The van der Waals surface area contributed by atoms with E-state index in [4.69, 9.17) is 5.11 Å². The van der Waals surface area contributed by atoms with Crippen LogP contribution in [0.4, 0.5) is 0 Å². The Morgan fingerprint density at radius 1 is 1.35 bits per heavy atom. The van der Waals surface area contributed by atoms with Crippen molar-refractivity contribution in [3.05, 3.63) is 53.9 Å². The van der Waals surface area contributed by atoms with Gasteiger partial charge in [-0.2, -0.15) is 0 Å². The predicted octanol–water partition coefficient (Wildman–Crippen LogP) is 1.82. The molecular weight excluding hydrogens is 256 g/mol. The van der Waals surface area contributed by atoms with Crippen molar-refractivity contribution in [3.8, 4) is 11.4 Å². The molecule has 0 unspecified atom stereocenters. The Balaban J connectivity index is 2.19. The van der Waals surface area contributed by atoms with Gasteiger partial charge in [-0.15, -0.1) is 0 Å². The Kier molecular flexibility index (Phi) is 4.57. The molecule has 102 valence electrons. The third-order valence-electron chi connectivity index (χ3n) is 2.65. The number of nitrogens with zero attached hydrogens (tertiary/aromatic N) is 2. The van der Waals surface area contributed by atoms with Gasteiger partial charge in [0.15, 0.2) is 5.82 Å². The molecule has 5 heteroatoms. The monoisotopic (exact) mass is 270 g/mol. The third kappa shape index (κ3) is 3.49. The number of esters is 1. The van der Waals surface area contributed by atoms with Crippen LogP contribution in [0.2, 0.25) is 0 Å². The average molecular weight is 270 g/mol. The highest BCUT2D eigenvalue weighted by Gasteiger charge is 2.02. The van der Waals surface area contributed by atoms with Crippen LogP contribution in [0, 0.1) is 0 Å². The lowest BCUT2D eigenvalue weighted by molar-refractivity contribution is -0.134. The molecule has 2 aromatic rings. The summed E-state index contributed by atoms with van der Waals surface area (Å²) in [6.45, 7) is -0.0200. The van der Waals surface area contributed by atoms with E-state index in [9.17, 15) is 4.79 Å². The number of methoxy groups -OCH3 is 1. The van der Waals surface area contributed by atoms with E-state index in [-0.39, 0.29) is 6.61 Å². The van der Waals surface area contributed by atoms with Crippen LogP contribution in [0.3, 0.4) is 0 Å². The zero-order valence-electron chi connectivity index (χ0n) is 11.0. The molecule has 0 spiro atoms. The predicted molar refractivity (Wildman–Crippen MR) is 74.4 cm³/mol. The van der Waals surface area contributed by atoms with Gasteiger partial charge in [0.25, 0.3) is 0 Å². The molecule has 0 aliphatic carbocycles. The van der Waals surface area contributed by atoms with Gasteiger partial charge in [0.1, 0.15) is 0 Å². The van der Waals surface area contributed by atoms with Gasteiger partial charge < -0.3 is 9.84 Å². The highest BCUT2D eigenvalue weighted by molar-refractivity contribution is 5.86. The first-order valence-electron chi connectivity index (χ1n) is 6.01. The van der Waals surface area contributed by atoms with E-state index in [1.165, 1.54) is 13.2 Å². The number of aromatic nitrogens is 2. The summed E-state index contributed by atoms with van der Waals surface area (Å²) in [7, 11) is 1.32. The summed E-state index contributed by atoms with van der Waals surface area (Å²) in [5.41, 5.74) is 2.35. The van der Waals surface area contributed by atoms with Crippen LogP contribution in [-0.2, 0) is 16.1 Å². The molecule has 0 atom stereocenters. The normalized spacial score (nSPS) is 10.7. The van der Waals surface area contributed by atoms with Crippen molar-refractivity contribution in [2.75, 3.05) is 7.11 Å². The lowest BCUT2D eigenvalue weighted by Crippen LogP contribution is -1.94. The molecule has 0 saturated carbocycles. The van der Waals surface area contributed by atoms with Crippen LogP contribution < -0.4 is 0 Å². The molecule has 0 radical (unpaired) electrons. The van der Waals surface area contributed by atoms with Crippen molar-refractivity contribution in [1.29, 1.82) is 0 Å². The van der Waals surface area contributed by atoms with Crippen molar-refractivity contribution in [2.45, 2.75) is 6.61 Å². The summed E-state index contributed by atoms with van der Waals surface area (Å²) in [6.07, 6.45) is 6.13. The van der Waals surface area contributed by atoms with Crippen molar-refractivity contribution in [2.24, 2.45) is 0 Å². The highest BCUT2D eigenvalue weighted by atomic mass is 16.5. The van der Waals surface area contributed by atoms with Crippen molar-refractivity contribution >= 4 is 12.0 Å². The summed E-state index contributed by atoms with van der Waals surface area (Å²) >= 11 is 0. The molecule has 1 N–H and O–H groups in total. The highest BCUT2D eigenvalue weighted by Crippen LogP contribution is 2.16. The van der Waals surface area contributed by atoms with E-state index in [0.717, 1.165) is 11.1 Å². The van der Waals surface area contributed by atoms with E-state index in [2.05, 4.69) is 14.7 Å². The Bertz CT molecular complexity index is 621. The lowest BCUT2D eigenvalue weighted by Gasteiger charge is -2.02. The molecule has 20 heavy (non-hydrogen) atoms. The van der Waals surface area contributed by atoms with Gasteiger partial charge in [-0.05, 0) is 17.7 Å². The Labute approximate surface area is 116 Å². The second kappa shape index (κ2) is 6.58. The molecule has 0 bridgehead atoms. The van der Waals surface area contributed by atoms with Gasteiger partial charge >= 0.3 is 5.97 Å². The molecule has 0 aliphatic heterocycles. The number of aliphatic hydroxyl groups excluding tert-OH is 1.